The maximum Gasteiger partial charge on any atom is 0.259 e. The summed E-state index contributed by atoms with van der Waals surface area (Å²) in [7, 11) is -4.30. The summed E-state index contributed by atoms with van der Waals surface area (Å²) in [6.45, 7) is 3.81. The quantitative estimate of drug-likeness (QED) is 0.430. The van der Waals surface area contributed by atoms with Gasteiger partial charge in [-0.25, -0.2) is 12.8 Å². The Balaban J connectivity index is 1.18. The summed E-state index contributed by atoms with van der Waals surface area (Å²) in [5, 5.41) is 4.68. The summed E-state index contributed by atoms with van der Waals surface area (Å²) in [5.74, 6) is -0.735. The van der Waals surface area contributed by atoms with Crippen LogP contribution in [0.25, 0.3) is 10.8 Å². The molecule has 2 aromatic rings. The van der Waals surface area contributed by atoms with Gasteiger partial charge in [-0.3, -0.25) is 19.1 Å². The monoisotopic (exact) mass is 696 g/mol. The van der Waals surface area contributed by atoms with Crippen molar-refractivity contribution in [1.29, 1.82) is 0 Å². The van der Waals surface area contributed by atoms with Gasteiger partial charge < -0.3 is 19.7 Å². The lowest BCUT2D eigenvalue weighted by atomic mass is 9.91. The van der Waals surface area contributed by atoms with E-state index in [2.05, 4.69) is 17.0 Å². The maximum absolute atomic E-state index is 14.2. The number of nitrogens with zero attached hydrogens (tertiary/aromatic N) is 2. The number of alkyl halides is 1. The lowest BCUT2D eigenvalue weighted by Crippen LogP contribution is -2.57. The first-order valence-corrected chi connectivity index (χ1v) is 19.1. The molecular weight excluding hydrogens is 651 g/mol. The Labute approximate surface area is 286 Å². The van der Waals surface area contributed by atoms with Gasteiger partial charge >= 0.3 is 0 Å². The van der Waals surface area contributed by atoms with Crippen LogP contribution in [0.5, 0.6) is 11.8 Å². The summed E-state index contributed by atoms with van der Waals surface area (Å²) >= 11 is 0. The van der Waals surface area contributed by atoms with Gasteiger partial charge in [0.2, 0.25) is 33.6 Å². The van der Waals surface area contributed by atoms with Crippen LogP contribution in [0.15, 0.2) is 36.4 Å². The second-order valence-corrected chi connectivity index (χ2v) is 17.0. The average molecular weight is 697 g/mol. The molecule has 2 aliphatic carbocycles. The number of fused-ring (bicyclic) bond motifs is 5. The van der Waals surface area contributed by atoms with Crippen molar-refractivity contribution in [3.63, 3.8) is 0 Å². The lowest BCUT2D eigenvalue weighted by Gasteiger charge is -2.28. The highest BCUT2D eigenvalue weighted by Crippen LogP contribution is 2.48. The highest BCUT2D eigenvalue weighted by atomic mass is 32.2. The molecule has 3 amide bonds. The number of sulfonamides is 1. The number of amides is 3. The van der Waals surface area contributed by atoms with Crippen molar-refractivity contribution in [2.24, 2.45) is 17.8 Å². The van der Waals surface area contributed by atoms with E-state index < -0.39 is 56.9 Å². The molecule has 13 heteroatoms. The van der Waals surface area contributed by atoms with Gasteiger partial charge in [0.15, 0.2) is 0 Å². The lowest BCUT2D eigenvalue weighted by molar-refractivity contribution is -0.140. The smallest absolute Gasteiger partial charge is 0.259 e. The fourth-order valence-electron chi connectivity index (χ4n) is 7.87. The number of hydrogen-bond acceptors (Lipinski definition) is 8. The van der Waals surface area contributed by atoms with Crippen LogP contribution in [0.2, 0.25) is 0 Å². The zero-order chi connectivity index (χ0) is 34.6. The summed E-state index contributed by atoms with van der Waals surface area (Å²) in [6.07, 6.45) is 8.33. The van der Waals surface area contributed by atoms with Crippen LogP contribution in [0.3, 0.4) is 0 Å². The number of aromatic nitrogens is 1. The zero-order valence-electron chi connectivity index (χ0n) is 28.1. The van der Waals surface area contributed by atoms with Gasteiger partial charge in [-0.15, -0.1) is 0 Å². The van der Waals surface area contributed by atoms with Gasteiger partial charge in [0.05, 0.1) is 13.2 Å². The largest absolute Gasteiger partial charge is 0.477 e. The molecule has 7 rings (SSSR count). The van der Waals surface area contributed by atoms with Crippen molar-refractivity contribution in [3.05, 3.63) is 42.0 Å². The van der Waals surface area contributed by atoms with Crippen molar-refractivity contribution < 1.29 is 36.7 Å². The second kappa shape index (κ2) is 12.9. The molecular formula is C36H45FN4O7S. The first kappa shape index (κ1) is 33.7. The molecule has 11 nitrogen and oxygen atoms in total. The normalized spacial score (nSPS) is 31.9. The van der Waals surface area contributed by atoms with Gasteiger partial charge in [0.1, 0.15) is 29.1 Å². The standard InChI is InChI=1S/C36H45FN4O7S/c1-22-8-3-4-9-24-19-36(24,34(44)40-49(45,46)35(21-37)13-14-35)39-31(43)29-18-25(20-41(29)30(42)17-23(2)16-22)48-33-28-11-6-5-10-26(28)27-12-7-15-47-32(27)38-33/h4-6,9-11,22-25,29H,3,7-8,12-21H2,1-2H3,(H,39,43)(H,40,44)/b9-4-/t22-,23-,24?,25-,29+,36-/m1/s1. The average Bonchev–Trinajstić information content (AvgIpc) is 3.98. The predicted molar refractivity (Wildman–Crippen MR) is 180 cm³/mol. The third-order valence-corrected chi connectivity index (χ3v) is 13.2. The van der Waals surface area contributed by atoms with E-state index in [-0.39, 0.29) is 50.5 Å². The van der Waals surface area contributed by atoms with E-state index in [4.69, 9.17) is 14.5 Å². The van der Waals surface area contributed by atoms with Crippen LogP contribution in [-0.4, -0.2) is 78.3 Å². The number of rotatable bonds is 6. The molecule has 1 unspecified atom stereocenters. The zero-order valence-corrected chi connectivity index (χ0v) is 28.9. The van der Waals surface area contributed by atoms with Crippen molar-refractivity contribution in [3.8, 4) is 11.8 Å². The molecule has 0 radical (unpaired) electrons. The molecule has 6 atom stereocenters. The van der Waals surface area contributed by atoms with E-state index in [1.54, 1.807) is 0 Å². The molecule has 3 aliphatic heterocycles. The molecule has 3 fully saturated rings. The van der Waals surface area contributed by atoms with E-state index in [0.29, 0.717) is 24.3 Å². The van der Waals surface area contributed by atoms with Gasteiger partial charge in [0.25, 0.3) is 5.91 Å². The van der Waals surface area contributed by atoms with Crippen LogP contribution < -0.4 is 19.5 Å². The number of nitrogens with one attached hydrogen (secondary N) is 2. The Morgan fingerprint density at radius 1 is 1.16 bits per heavy atom. The Morgan fingerprint density at radius 3 is 2.69 bits per heavy atom. The summed E-state index contributed by atoms with van der Waals surface area (Å²) in [5.41, 5.74) is -0.503. The topological polar surface area (TPSA) is 144 Å². The van der Waals surface area contributed by atoms with E-state index in [9.17, 15) is 27.2 Å². The summed E-state index contributed by atoms with van der Waals surface area (Å²) in [6, 6.07) is 6.86. The highest BCUT2D eigenvalue weighted by molar-refractivity contribution is 7.91. The number of carbonyl (C=O) groups excluding carboxylic acids is 3. The molecule has 1 aromatic carbocycles. The van der Waals surface area contributed by atoms with Crippen LogP contribution in [0, 0.1) is 17.8 Å². The number of benzene rings is 1. The number of carbonyl (C=O) groups is 3. The Morgan fingerprint density at radius 2 is 1.94 bits per heavy atom. The van der Waals surface area contributed by atoms with Gasteiger partial charge in [-0.2, -0.15) is 4.98 Å². The van der Waals surface area contributed by atoms with Crippen molar-refractivity contribution in [1.82, 2.24) is 19.9 Å². The van der Waals surface area contributed by atoms with E-state index >= 15 is 0 Å². The van der Waals surface area contributed by atoms with E-state index in [0.717, 1.165) is 48.4 Å². The van der Waals surface area contributed by atoms with E-state index in [1.807, 2.05) is 43.3 Å². The molecule has 49 heavy (non-hydrogen) atoms. The fourth-order valence-corrected chi connectivity index (χ4v) is 9.29. The minimum atomic E-state index is -4.30. The summed E-state index contributed by atoms with van der Waals surface area (Å²) < 4.78 is 52.7. The first-order valence-electron chi connectivity index (χ1n) is 17.6. The number of halogens is 1. The van der Waals surface area contributed by atoms with Crippen molar-refractivity contribution in [2.75, 3.05) is 19.8 Å². The minimum absolute atomic E-state index is 0.0877. The third kappa shape index (κ3) is 6.39. The molecule has 0 spiro atoms. The molecule has 1 saturated heterocycles. The van der Waals surface area contributed by atoms with Crippen molar-refractivity contribution in [2.45, 2.75) is 100 Å². The van der Waals surface area contributed by atoms with Crippen LogP contribution >= 0.6 is 0 Å². The number of aryl methyl sites for hydroxylation is 1. The number of allylic oxidation sites excluding steroid dienone is 1. The van der Waals surface area contributed by atoms with Gasteiger partial charge in [-0.1, -0.05) is 44.2 Å². The number of pyridine rings is 1. The maximum atomic E-state index is 14.2. The molecule has 1 aromatic heterocycles. The van der Waals surface area contributed by atoms with Gasteiger partial charge in [0, 0.05) is 29.7 Å². The Bertz CT molecular complexity index is 1800. The molecule has 264 valence electrons. The third-order valence-electron chi connectivity index (χ3n) is 11.1. The fraction of sp³-hybridized carbons (Fsp3) is 0.611. The van der Waals surface area contributed by atoms with Crippen LogP contribution in [0.4, 0.5) is 4.39 Å². The SMILES string of the molecule is C[C@@H]1CC/C=C\C2C[C@@]2(C(=O)NS(=O)(=O)C2(CF)CC2)NC(=O)[C@@H]2C[C@@H](Oc3nc4c(c5ccccc35)CCCO4)CN2C(=O)C[C@H](C)C1. The second-order valence-electron chi connectivity index (χ2n) is 14.9. The molecule has 5 aliphatic rings. The van der Waals surface area contributed by atoms with Crippen molar-refractivity contribution >= 4 is 38.5 Å². The molecule has 2 N–H and O–H groups in total. The van der Waals surface area contributed by atoms with E-state index in [1.165, 1.54) is 4.90 Å². The van der Waals surface area contributed by atoms with Crippen LogP contribution in [-0.2, 0) is 30.8 Å². The first-order chi connectivity index (χ1) is 23.4. The number of hydrogen-bond donors (Lipinski definition) is 2. The molecule has 2 saturated carbocycles. The molecule has 4 heterocycles. The Hall–Kier alpha value is -3.74. The predicted octanol–water partition coefficient (Wildman–Crippen LogP) is 4.13. The molecule has 0 bridgehead atoms. The summed E-state index contributed by atoms with van der Waals surface area (Å²) in [4.78, 5) is 48.1. The minimum Gasteiger partial charge on any atom is -0.477 e. The van der Waals surface area contributed by atoms with Gasteiger partial charge in [-0.05, 0) is 74.7 Å². The number of ether oxygens (including phenoxy) is 2. The van der Waals surface area contributed by atoms with Crippen LogP contribution in [0.1, 0.15) is 77.2 Å². The Kier molecular flexibility index (Phi) is 8.85. The highest BCUT2D eigenvalue weighted by Gasteiger charge is 2.64.